The molecule has 1 rings (SSSR count). The van der Waals surface area contributed by atoms with Gasteiger partial charge in [0.25, 0.3) is 5.69 Å². The molecule has 118 valence electrons. The van der Waals surface area contributed by atoms with E-state index in [4.69, 9.17) is 0 Å². The van der Waals surface area contributed by atoms with Gasteiger partial charge in [-0.1, -0.05) is 6.92 Å². The Kier molecular flexibility index (Phi) is 6.06. The van der Waals surface area contributed by atoms with Gasteiger partial charge in [-0.3, -0.25) is 10.1 Å². The maximum atomic E-state index is 12.2. The molecule has 0 fully saturated rings. The fourth-order valence-electron chi connectivity index (χ4n) is 1.67. The number of likely N-dealkylation sites (N-methyl/N-ethyl adjacent to an activating group) is 1. The third kappa shape index (κ3) is 4.66. The molecule has 2 N–H and O–H groups in total. The highest BCUT2D eigenvalue weighted by molar-refractivity contribution is 7.89. The molecule has 1 aromatic rings. The molecule has 0 heterocycles. The number of nitrogens with one attached hydrogen (secondary N) is 2. The molecule has 21 heavy (non-hydrogen) atoms. The van der Waals surface area contributed by atoms with Crippen molar-refractivity contribution in [3.63, 3.8) is 0 Å². The number of nitrogens with zero attached hydrogens (tertiary/aromatic N) is 2. The lowest BCUT2D eigenvalue weighted by molar-refractivity contribution is -0.384. The summed E-state index contributed by atoms with van der Waals surface area (Å²) in [7, 11) is -0.306. The van der Waals surface area contributed by atoms with Crippen molar-refractivity contribution in [2.75, 3.05) is 39.0 Å². The lowest BCUT2D eigenvalue weighted by Crippen LogP contribution is -2.33. The van der Waals surface area contributed by atoms with Crippen molar-refractivity contribution in [3.8, 4) is 0 Å². The second kappa shape index (κ2) is 7.34. The minimum atomic E-state index is -3.71. The number of nitro benzene ring substituents is 1. The van der Waals surface area contributed by atoms with E-state index >= 15 is 0 Å². The minimum absolute atomic E-state index is 0.00486. The van der Waals surface area contributed by atoms with E-state index < -0.39 is 14.9 Å². The summed E-state index contributed by atoms with van der Waals surface area (Å²) in [5, 5.41) is 13.4. The van der Waals surface area contributed by atoms with Gasteiger partial charge in [-0.2, -0.15) is 0 Å². The summed E-state index contributed by atoms with van der Waals surface area (Å²) >= 11 is 0. The van der Waals surface area contributed by atoms with E-state index in [-0.39, 0.29) is 22.8 Å². The Morgan fingerprint density at radius 3 is 2.57 bits per heavy atom. The van der Waals surface area contributed by atoms with Crippen LogP contribution in [-0.4, -0.2) is 52.0 Å². The smallest absolute Gasteiger partial charge is 0.271 e. The largest absolute Gasteiger partial charge is 0.387 e. The summed E-state index contributed by atoms with van der Waals surface area (Å²) in [6.45, 7) is 3.65. The summed E-state index contributed by atoms with van der Waals surface area (Å²) in [6, 6.07) is 3.61. The molecule has 0 atom stereocenters. The molecule has 0 aliphatic carbocycles. The first-order chi connectivity index (χ1) is 9.81. The van der Waals surface area contributed by atoms with Gasteiger partial charge < -0.3 is 10.2 Å². The summed E-state index contributed by atoms with van der Waals surface area (Å²) < 4.78 is 26.9. The number of hydrogen-bond donors (Lipinski definition) is 2. The predicted octanol–water partition coefficient (Wildman–Crippen LogP) is 0.866. The topological polar surface area (TPSA) is 105 Å². The van der Waals surface area contributed by atoms with E-state index in [0.717, 1.165) is 6.54 Å². The van der Waals surface area contributed by atoms with E-state index in [2.05, 4.69) is 10.0 Å². The third-order valence-electron chi connectivity index (χ3n) is 3.06. The van der Waals surface area contributed by atoms with Gasteiger partial charge in [-0.15, -0.1) is 0 Å². The van der Waals surface area contributed by atoms with Gasteiger partial charge in [-0.25, -0.2) is 13.1 Å². The Hall–Kier alpha value is -1.71. The Bertz CT molecular complexity index is 603. The van der Waals surface area contributed by atoms with Gasteiger partial charge in [0.1, 0.15) is 4.90 Å². The highest BCUT2D eigenvalue weighted by Crippen LogP contribution is 2.25. The standard InChI is InChI=1S/C12H20N4O4S/c1-4-15(3)8-7-14-21(19,20)12-6-5-10(16(17)18)9-11(12)13-2/h5-6,9,13-14H,4,7-8H2,1-3H3. The van der Waals surface area contributed by atoms with Gasteiger partial charge in [0.2, 0.25) is 10.0 Å². The maximum absolute atomic E-state index is 12.2. The SMILES string of the molecule is CCN(C)CCNS(=O)(=O)c1ccc([N+](=O)[O-])cc1NC. The van der Waals surface area contributed by atoms with Crippen molar-refractivity contribution >= 4 is 21.4 Å². The quantitative estimate of drug-likeness (QED) is 0.544. The van der Waals surface area contributed by atoms with Crippen LogP contribution >= 0.6 is 0 Å². The van der Waals surface area contributed by atoms with E-state index in [0.29, 0.717) is 6.54 Å². The first-order valence-electron chi connectivity index (χ1n) is 6.46. The second-order valence-electron chi connectivity index (χ2n) is 4.48. The molecule has 0 radical (unpaired) electrons. The number of nitro groups is 1. The number of rotatable bonds is 8. The molecule has 0 amide bonds. The zero-order valence-corrected chi connectivity index (χ0v) is 13.1. The maximum Gasteiger partial charge on any atom is 0.271 e. The molecule has 9 heteroatoms. The Morgan fingerprint density at radius 2 is 2.05 bits per heavy atom. The van der Waals surface area contributed by atoms with Crippen LogP contribution in [0, 0.1) is 10.1 Å². The number of benzene rings is 1. The van der Waals surface area contributed by atoms with Crippen LogP contribution in [0.4, 0.5) is 11.4 Å². The predicted molar refractivity (Wildman–Crippen MR) is 81.0 cm³/mol. The lowest BCUT2D eigenvalue weighted by atomic mass is 10.3. The average molecular weight is 316 g/mol. The lowest BCUT2D eigenvalue weighted by Gasteiger charge is -2.15. The molecule has 0 saturated heterocycles. The van der Waals surface area contributed by atoms with Crippen LogP contribution in [-0.2, 0) is 10.0 Å². The van der Waals surface area contributed by atoms with E-state index in [1.807, 2.05) is 18.9 Å². The van der Waals surface area contributed by atoms with Crippen molar-refractivity contribution in [3.05, 3.63) is 28.3 Å². The minimum Gasteiger partial charge on any atom is -0.387 e. The molecule has 0 unspecified atom stereocenters. The van der Waals surface area contributed by atoms with Gasteiger partial charge in [0.15, 0.2) is 0 Å². The van der Waals surface area contributed by atoms with Crippen LogP contribution in [0.2, 0.25) is 0 Å². The fraction of sp³-hybridized carbons (Fsp3) is 0.500. The summed E-state index contributed by atoms with van der Waals surface area (Å²) in [4.78, 5) is 12.1. The highest BCUT2D eigenvalue weighted by atomic mass is 32.2. The Balaban J connectivity index is 2.95. The van der Waals surface area contributed by atoms with Gasteiger partial charge in [0.05, 0.1) is 10.6 Å². The molecular weight excluding hydrogens is 296 g/mol. The van der Waals surface area contributed by atoms with Crippen molar-refractivity contribution in [2.24, 2.45) is 0 Å². The first-order valence-corrected chi connectivity index (χ1v) is 7.94. The molecule has 0 aromatic heterocycles. The van der Waals surface area contributed by atoms with Gasteiger partial charge in [0, 0.05) is 32.3 Å². The Labute approximate surface area is 124 Å². The van der Waals surface area contributed by atoms with Crippen molar-refractivity contribution in [1.29, 1.82) is 0 Å². The number of non-ortho nitro benzene ring substituents is 1. The first kappa shape index (κ1) is 17.3. The number of sulfonamides is 1. The summed E-state index contributed by atoms with van der Waals surface area (Å²) in [5.74, 6) is 0. The molecular formula is C12H20N4O4S. The van der Waals surface area contributed by atoms with Crippen LogP contribution < -0.4 is 10.0 Å². The monoisotopic (exact) mass is 316 g/mol. The molecule has 0 aliphatic heterocycles. The van der Waals surface area contributed by atoms with Crippen molar-refractivity contribution < 1.29 is 13.3 Å². The molecule has 0 saturated carbocycles. The van der Waals surface area contributed by atoms with E-state index in [1.165, 1.54) is 25.2 Å². The van der Waals surface area contributed by atoms with Crippen LogP contribution in [0.3, 0.4) is 0 Å². The summed E-state index contributed by atoms with van der Waals surface area (Å²) in [6.07, 6.45) is 0. The van der Waals surface area contributed by atoms with E-state index in [9.17, 15) is 18.5 Å². The van der Waals surface area contributed by atoms with Crippen LogP contribution in [0.5, 0.6) is 0 Å². The third-order valence-corrected chi connectivity index (χ3v) is 4.58. The fourth-order valence-corrected chi connectivity index (χ4v) is 2.88. The van der Waals surface area contributed by atoms with Crippen LogP contribution in [0.1, 0.15) is 6.92 Å². The molecule has 0 aliphatic rings. The molecule has 0 spiro atoms. The molecule has 8 nitrogen and oxygen atoms in total. The highest BCUT2D eigenvalue weighted by Gasteiger charge is 2.20. The second-order valence-corrected chi connectivity index (χ2v) is 6.22. The zero-order chi connectivity index (χ0) is 16.0. The van der Waals surface area contributed by atoms with Crippen molar-refractivity contribution in [2.45, 2.75) is 11.8 Å². The van der Waals surface area contributed by atoms with Crippen molar-refractivity contribution in [1.82, 2.24) is 9.62 Å². The van der Waals surface area contributed by atoms with Gasteiger partial charge in [-0.05, 0) is 19.7 Å². The molecule has 0 bridgehead atoms. The Morgan fingerprint density at radius 1 is 1.38 bits per heavy atom. The molecule has 1 aromatic carbocycles. The number of anilines is 1. The number of hydrogen-bond acceptors (Lipinski definition) is 6. The average Bonchev–Trinajstić information content (AvgIpc) is 2.45. The van der Waals surface area contributed by atoms with Gasteiger partial charge >= 0.3 is 0 Å². The normalized spacial score (nSPS) is 11.6. The summed E-state index contributed by atoms with van der Waals surface area (Å²) in [5.41, 5.74) is 0.0320. The van der Waals surface area contributed by atoms with Crippen LogP contribution in [0.15, 0.2) is 23.1 Å². The zero-order valence-electron chi connectivity index (χ0n) is 12.3. The van der Waals surface area contributed by atoms with E-state index in [1.54, 1.807) is 0 Å². The van der Waals surface area contributed by atoms with Crippen LogP contribution in [0.25, 0.3) is 0 Å².